The van der Waals surface area contributed by atoms with Gasteiger partial charge in [0.05, 0.1) is 35.2 Å². The molecule has 3 heterocycles. The highest BCUT2D eigenvalue weighted by Crippen LogP contribution is 2.32. The smallest absolute Gasteiger partial charge is 0.417 e. The minimum Gasteiger partial charge on any atom is -0.490 e. The van der Waals surface area contributed by atoms with Crippen LogP contribution in [0.3, 0.4) is 0 Å². The molecule has 2 aromatic heterocycles. The zero-order chi connectivity index (χ0) is 19.9. The molecule has 0 radical (unpaired) electrons. The molecule has 3 aromatic rings. The molecule has 9 heteroatoms. The van der Waals surface area contributed by atoms with Gasteiger partial charge in [0, 0.05) is 6.20 Å². The molecule has 0 fully saturated rings. The van der Waals surface area contributed by atoms with Gasteiger partial charge in [-0.3, -0.25) is 4.79 Å². The lowest BCUT2D eigenvalue weighted by molar-refractivity contribution is -0.137. The highest BCUT2D eigenvalue weighted by atomic mass is 19.4. The molecule has 6 nitrogen and oxygen atoms in total. The molecule has 0 atom stereocenters. The number of nitrogens with zero attached hydrogens (tertiary/aromatic N) is 4. The van der Waals surface area contributed by atoms with E-state index in [2.05, 4.69) is 10.1 Å². The third-order valence-corrected chi connectivity index (χ3v) is 4.51. The number of rotatable bonds is 2. The van der Waals surface area contributed by atoms with Crippen LogP contribution in [0.2, 0.25) is 0 Å². The third-order valence-electron chi connectivity index (χ3n) is 4.51. The number of ether oxygens (including phenoxy) is 1. The van der Waals surface area contributed by atoms with Crippen molar-refractivity contribution in [2.24, 2.45) is 0 Å². The van der Waals surface area contributed by atoms with Crippen LogP contribution in [0.5, 0.6) is 5.75 Å². The summed E-state index contributed by atoms with van der Waals surface area (Å²) in [6.45, 7) is 2.43. The summed E-state index contributed by atoms with van der Waals surface area (Å²) in [5, 5.41) is 4.14. The SMILES string of the molecule is Cc1c(C(=O)N2CCOc3ccccc32)cnn1-c1ccc(C(F)(F)F)cn1. The van der Waals surface area contributed by atoms with Crippen molar-refractivity contribution in [2.75, 3.05) is 18.1 Å². The summed E-state index contributed by atoms with van der Waals surface area (Å²) >= 11 is 0. The summed E-state index contributed by atoms with van der Waals surface area (Å²) in [7, 11) is 0. The average molecular weight is 388 g/mol. The average Bonchev–Trinajstić information content (AvgIpc) is 3.08. The Hall–Kier alpha value is -3.36. The molecule has 1 aliphatic heterocycles. The lowest BCUT2D eigenvalue weighted by atomic mass is 10.1. The number of hydrogen-bond acceptors (Lipinski definition) is 4. The molecular formula is C19H15F3N4O2. The molecule has 0 N–H and O–H groups in total. The van der Waals surface area contributed by atoms with Gasteiger partial charge in [0.2, 0.25) is 0 Å². The molecule has 0 saturated carbocycles. The minimum absolute atomic E-state index is 0.201. The van der Waals surface area contributed by atoms with Crippen LogP contribution in [-0.2, 0) is 6.18 Å². The molecule has 0 unspecified atom stereocenters. The Kier molecular flexibility index (Phi) is 4.29. The van der Waals surface area contributed by atoms with Gasteiger partial charge in [-0.1, -0.05) is 12.1 Å². The van der Waals surface area contributed by atoms with Crippen LogP contribution >= 0.6 is 0 Å². The van der Waals surface area contributed by atoms with E-state index >= 15 is 0 Å². The molecule has 0 spiro atoms. The summed E-state index contributed by atoms with van der Waals surface area (Å²) in [6.07, 6.45) is -2.32. The largest absolute Gasteiger partial charge is 0.490 e. The summed E-state index contributed by atoms with van der Waals surface area (Å²) in [5.41, 5.74) is 0.653. The van der Waals surface area contributed by atoms with Crippen molar-refractivity contribution < 1.29 is 22.7 Å². The number of aromatic nitrogens is 3. The van der Waals surface area contributed by atoms with Crippen molar-refractivity contribution in [3.8, 4) is 11.6 Å². The van der Waals surface area contributed by atoms with E-state index in [1.54, 1.807) is 24.0 Å². The lowest BCUT2D eigenvalue weighted by Gasteiger charge is -2.29. The van der Waals surface area contributed by atoms with Gasteiger partial charge < -0.3 is 9.64 Å². The van der Waals surface area contributed by atoms with E-state index in [1.807, 2.05) is 12.1 Å². The lowest BCUT2D eigenvalue weighted by Crippen LogP contribution is -2.38. The molecule has 1 amide bonds. The highest BCUT2D eigenvalue weighted by Gasteiger charge is 2.31. The number of carbonyl (C=O) groups is 1. The predicted octanol–water partition coefficient (Wildman–Crippen LogP) is 3.63. The van der Waals surface area contributed by atoms with Gasteiger partial charge in [-0.05, 0) is 31.2 Å². The van der Waals surface area contributed by atoms with E-state index in [-0.39, 0.29) is 11.7 Å². The number of benzene rings is 1. The van der Waals surface area contributed by atoms with E-state index < -0.39 is 11.7 Å². The number of pyridine rings is 1. The predicted molar refractivity (Wildman–Crippen MR) is 94.7 cm³/mol. The van der Waals surface area contributed by atoms with Gasteiger partial charge in [-0.25, -0.2) is 9.67 Å². The first-order valence-corrected chi connectivity index (χ1v) is 8.48. The molecule has 28 heavy (non-hydrogen) atoms. The number of halogens is 3. The Morgan fingerprint density at radius 2 is 1.93 bits per heavy atom. The molecule has 1 aliphatic rings. The summed E-state index contributed by atoms with van der Waals surface area (Å²) < 4.78 is 45.1. The Morgan fingerprint density at radius 3 is 2.64 bits per heavy atom. The first-order valence-electron chi connectivity index (χ1n) is 8.48. The van der Waals surface area contributed by atoms with Crippen molar-refractivity contribution in [1.82, 2.24) is 14.8 Å². The molecule has 0 saturated heterocycles. The topological polar surface area (TPSA) is 60.3 Å². The van der Waals surface area contributed by atoms with Crippen LogP contribution in [0.25, 0.3) is 5.82 Å². The Balaban J connectivity index is 1.65. The minimum atomic E-state index is -4.46. The summed E-state index contributed by atoms with van der Waals surface area (Å²) in [6, 6.07) is 9.38. The van der Waals surface area contributed by atoms with Crippen molar-refractivity contribution in [3.63, 3.8) is 0 Å². The zero-order valence-corrected chi connectivity index (χ0v) is 14.8. The molecular weight excluding hydrogens is 373 g/mol. The second-order valence-corrected chi connectivity index (χ2v) is 6.23. The van der Waals surface area contributed by atoms with E-state index in [4.69, 9.17) is 4.74 Å². The molecule has 4 rings (SSSR count). The maximum absolute atomic E-state index is 13.1. The number of hydrogen-bond donors (Lipinski definition) is 0. The van der Waals surface area contributed by atoms with Crippen LogP contribution < -0.4 is 9.64 Å². The molecule has 0 aliphatic carbocycles. The third kappa shape index (κ3) is 3.08. The van der Waals surface area contributed by atoms with E-state index in [1.165, 1.54) is 16.9 Å². The van der Waals surface area contributed by atoms with Crippen LogP contribution in [0.1, 0.15) is 21.6 Å². The van der Waals surface area contributed by atoms with Gasteiger partial charge >= 0.3 is 6.18 Å². The second-order valence-electron chi connectivity index (χ2n) is 6.23. The van der Waals surface area contributed by atoms with Gasteiger partial charge in [0.1, 0.15) is 12.4 Å². The van der Waals surface area contributed by atoms with Crippen molar-refractivity contribution in [1.29, 1.82) is 0 Å². The van der Waals surface area contributed by atoms with Crippen LogP contribution in [-0.4, -0.2) is 33.8 Å². The van der Waals surface area contributed by atoms with E-state index in [0.717, 1.165) is 12.3 Å². The fraction of sp³-hybridized carbons (Fsp3) is 0.211. The van der Waals surface area contributed by atoms with E-state index in [9.17, 15) is 18.0 Å². The molecule has 0 bridgehead atoms. The Morgan fingerprint density at radius 1 is 1.14 bits per heavy atom. The van der Waals surface area contributed by atoms with Gasteiger partial charge in [0.25, 0.3) is 5.91 Å². The summed E-state index contributed by atoms with van der Waals surface area (Å²) in [5.74, 6) is 0.565. The fourth-order valence-electron chi connectivity index (χ4n) is 3.06. The van der Waals surface area contributed by atoms with Gasteiger partial charge in [0.15, 0.2) is 5.82 Å². The number of anilines is 1. The number of alkyl halides is 3. The zero-order valence-electron chi connectivity index (χ0n) is 14.8. The monoisotopic (exact) mass is 388 g/mol. The maximum atomic E-state index is 13.1. The highest BCUT2D eigenvalue weighted by molar-refractivity contribution is 6.07. The normalized spacial score (nSPS) is 13.8. The Labute approximate surface area is 158 Å². The van der Waals surface area contributed by atoms with Crippen LogP contribution in [0, 0.1) is 6.92 Å². The van der Waals surface area contributed by atoms with Crippen molar-refractivity contribution >= 4 is 11.6 Å². The Bertz CT molecular complexity index is 1030. The van der Waals surface area contributed by atoms with Crippen molar-refractivity contribution in [2.45, 2.75) is 13.1 Å². The summed E-state index contributed by atoms with van der Waals surface area (Å²) in [4.78, 5) is 18.5. The van der Waals surface area contributed by atoms with E-state index in [0.29, 0.717) is 35.8 Å². The molecule has 144 valence electrons. The van der Waals surface area contributed by atoms with Gasteiger partial charge in [-0.15, -0.1) is 0 Å². The maximum Gasteiger partial charge on any atom is 0.417 e. The standard InChI is InChI=1S/C19H15F3N4O2/c1-12-14(18(27)25-8-9-28-16-5-3-2-4-15(16)25)11-24-26(12)17-7-6-13(10-23-17)19(20,21)22/h2-7,10-11H,8-9H2,1H3. The van der Waals surface area contributed by atoms with Gasteiger partial charge in [-0.2, -0.15) is 18.3 Å². The fourth-order valence-corrected chi connectivity index (χ4v) is 3.06. The first kappa shape index (κ1) is 18.0. The van der Waals surface area contributed by atoms with Crippen LogP contribution in [0.4, 0.5) is 18.9 Å². The number of para-hydroxylation sites is 2. The number of fused-ring (bicyclic) bond motifs is 1. The first-order chi connectivity index (χ1) is 13.4. The van der Waals surface area contributed by atoms with Crippen LogP contribution in [0.15, 0.2) is 48.8 Å². The van der Waals surface area contributed by atoms with Crippen molar-refractivity contribution in [3.05, 3.63) is 65.6 Å². The molecule has 1 aromatic carbocycles. The quantitative estimate of drug-likeness (QED) is 0.673. The number of amides is 1. The number of carbonyl (C=O) groups excluding carboxylic acids is 1. The second kappa shape index (κ2) is 6.66.